The van der Waals surface area contributed by atoms with Crippen molar-refractivity contribution < 1.29 is 9.18 Å². The van der Waals surface area contributed by atoms with E-state index in [1.54, 1.807) is 19.1 Å². The summed E-state index contributed by atoms with van der Waals surface area (Å²) >= 11 is 0. The molecule has 1 N–H and O–H groups in total. The van der Waals surface area contributed by atoms with E-state index in [-0.39, 0.29) is 17.4 Å². The predicted octanol–water partition coefficient (Wildman–Crippen LogP) is 4.14. The van der Waals surface area contributed by atoms with E-state index < -0.39 is 0 Å². The lowest BCUT2D eigenvalue weighted by molar-refractivity contribution is -0.114. The highest BCUT2D eigenvalue weighted by Crippen LogP contribution is 2.16. The third-order valence-corrected chi connectivity index (χ3v) is 1.50. The number of hydrogen-bond donors (Lipinski definition) is 1. The summed E-state index contributed by atoms with van der Waals surface area (Å²) < 4.78 is 13.1. The molecule has 16 heavy (non-hydrogen) atoms. The number of carbonyl (C=O) groups excluding carboxylic acids is 1. The second-order valence-electron chi connectivity index (χ2n) is 2.62. The van der Waals surface area contributed by atoms with Gasteiger partial charge in [-0.1, -0.05) is 39.8 Å². The first-order valence-corrected chi connectivity index (χ1v) is 5.64. The van der Waals surface area contributed by atoms with Crippen LogP contribution >= 0.6 is 0 Å². The molecular weight excluding hydrogens is 205 g/mol. The monoisotopic (exact) mass is 227 g/mol. The van der Waals surface area contributed by atoms with Gasteiger partial charge in [-0.25, -0.2) is 4.39 Å². The average molecular weight is 227 g/mol. The van der Waals surface area contributed by atoms with Crippen molar-refractivity contribution in [2.75, 3.05) is 5.32 Å². The van der Waals surface area contributed by atoms with E-state index in [0.29, 0.717) is 5.56 Å². The third-order valence-electron chi connectivity index (χ3n) is 1.50. The topological polar surface area (TPSA) is 29.1 Å². The first-order chi connectivity index (χ1) is 7.61. The Bertz CT molecular complexity index is 311. The lowest BCUT2D eigenvalue weighted by Crippen LogP contribution is -2.07. The van der Waals surface area contributed by atoms with Crippen LogP contribution in [0.4, 0.5) is 10.1 Å². The minimum absolute atomic E-state index is 0.238. The van der Waals surface area contributed by atoms with Crippen LogP contribution in [0.25, 0.3) is 0 Å². The van der Waals surface area contributed by atoms with Crippen LogP contribution in [0.15, 0.2) is 18.2 Å². The van der Waals surface area contributed by atoms with Gasteiger partial charge in [0, 0.05) is 6.92 Å². The van der Waals surface area contributed by atoms with Gasteiger partial charge >= 0.3 is 0 Å². The third kappa shape index (κ3) is 6.17. The van der Waals surface area contributed by atoms with Crippen molar-refractivity contribution in [1.82, 2.24) is 0 Å². The van der Waals surface area contributed by atoms with E-state index in [9.17, 15) is 9.18 Å². The highest BCUT2D eigenvalue weighted by molar-refractivity contribution is 5.88. The maximum absolute atomic E-state index is 13.1. The van der Waals surface area contributed by atoms with Crippen molar-refractivity contribution in [2.24, 2.45) is 0 Å². The summed E-state index contributed by atoms with van der Waals surface area (Å²) in [6, 6.07) is 4.88. The molecule has 92 valence electrons. The zero-order chi connectivity index (χ0) is 13.1. The molecule has 3 heteroatoms. The highest BCUT2D eigenvalue weighted by atomic mass is 19.1. The first-order valence-electron chi connectivity index (χ1n) is 5.64. The molecule has 1 rings (SSSR count). The summed E-state index contributed by atoms with van der Waals surface area (Å²) in [7, 11) is 0. The summed E-state index contributed by atoms with van der Waals surface area (Å²) in [5, 5.41) is 2.40. The van der Waals surface area contributed by atoms with E-state index in [0.717, 1.165) is 0 Å². The lowest BCUT2D eigenvalue weighted by Gasteiger charge is -2.04. The van der Waals surface area contributed by atoms with Crippen LogP contribution in [0.3, 0.4) is 0 Å². The van der Waals surface area contributed by atoms with Crippen LogP contribution < -0.4 is 5.32 Å². The van der Waals surface area contributed by atoms with Crippen molar-refractivity contribution in [2.45, 2.75) is 41.5 Å². The Morgan fingerprint density at radius 1 is 1.19 bits per heavy atom. The molecule has 0 aliphatic carbocycles. The second-order valence-corrected chi connectivity index (χ2v) is 2.62. The molecule has 1 aromatic rings. The van der Waals surface area contributed by atoms with Crippen LogP contribution in [0.2, 0.25) is 0 Å². The molecule has 0 aliphatic heterocycles. The van der Waals surface area contributed by atoms with Crippen molar-refractivity contribution in [3.63, 3.8) is 0 Å². The minimum atomic E-state index is -0.368. The first kappa shape index (κ1) is 17.0. The molecule has 0 aliphatic rings. The summed E-state index contributed by atoms with van der Waals surface area (Å²) in [6.45, 7) is 11.0. The van der Waals surface area contributed by atoms with Crippen LogP contribution in [0.5, 0.6) is 0 Å². The summed E-state index contributed by atoms with van der Waals surface area (Å²) in [5.74, 6) is -0.632. The summed E-state index contributed by atoms with van der Waals surface area (Å²) in [6.07, 6.45) is 0. The molecule has 0 bridgehead atoms. The quantitative estimate of drug-likeness (QED) is 0.767. The zero-order valence-electron chi connectivity index (χ0n) is 11.0. The molecule has 2 nitrogen and oxygen atoms in total. The molecule has 1 amide bonds. The number of amides is 1. The Morgan fingerprint density at radius 2 is 1.69 bits per heavy atom. The van der Waals surface area contributed by atoms with Gasteiger partial charge in [0.25, 0.3) is 0 Å². The van der Waals surface area contributed by atoms with Crippen LogP contribution in [0.1, 0.15) is 40.2 Å². The SMILES string of the molecule is CC.CC.CC(=O)Nc1cccc(C)c1F. The van der Waals surface area contributed by atoms with Crippen LogP contribution in [-0.2, 0) is 4.79 Å². The van der Waals surface area contributed by atoms with Gasteiger partial charge in [0.05, 0.1) is 5.69 Å². The minimum Gasteiger partial charge on any atom is -0.324 e. The number of rotatable bonds is 1. The smallest absolute Gasteiger partial charge is 0.221 e. The molecule has 0 saturated heterocycles. The number of carbonyl (C=O) groups is 1. The molecule has 0 atom stereocenters. The van der Waals surface area contributed by atoms with Gasteiger partial charge in [-0.05, 0) is 18.6 Å². The lowest BCUT2D eigenvalue weighted by atomic mass is 10.2. The fourth-order valence-corrected chi connectivity index (χ4v) is 0.934. The van der Waals surface area contributed by atoms with Gasteiger partial charge in [0.15, 0.2) is 0 Å². The van der Waals surface area contributed by atoms with E-state index >= 15 is 0 Å². The molecule has 0 spiro atoms. The zero-order valence-corrected chi connectivity index (χ0v) is 11.0. The van der Waals surface area contributed by atoms with Crippen LogP contribution in [0, 0.1) is 12.7 Å². The average Bonchev–Trinajstić information content (AvgIpc) is 2.30. The summed E-state index contributed by atoms with van der Waals surface area (Å²) in [4.78, 5) is 10.6. The normalized spacial score (nSPS) is 7.94. The molecule has 0 unspecified atom stereocenters. The van der Waals surface area contributed by atoms with Gasteiger partial charge in [0.1, 0.15) is 5.82 Å². The van der Waals surface area contributed by atoms with Gasteiger partial charge in [-0.15, -0.1) is 0 Å². The number of anilines is 1. The maximum Gasteiger partial charge on any atom is 0.221 e. The molecule has 0 radical (unpaired) electrons. The molecule has 0 aromatic heterocycles. The second kappa shape index (κ2) is 10.1. The number of aryl methyl sites for hydroxylation is 1. The fourth-order valence-electron chi connectivity index (χ4n) is 0.934. The molecule has 0 saturated carbocycles. The van der Waals surface area contributed by atoms with Crippen molar-refractivity contribution in [3.05, 3.63) is 29.6 Å². The standard InChI is InChI=1S/C9H10FNO.2C2H6/c1-6-4-3-5-8(9(6)10)11-7(2)12;2*1-2/h3-5H,1-2H3,(H,11,12);2*1-2H3. The van der Waals surface area contributed by atoms with Gasteiger partial charge in [-0.3, -0.25) is 4.79 Å². The van der Waals surface area contributed by atoms with Crippen molar-refractivity contribution in [3.8, 4) is 0 Å². The van der Waals surface area contributed by atoms with Crippen LogP contribution in [-0.4, -0.2) is 5.91 Å². The van der Waals surface area contributed by atoms with Crippen molar-refractivity contribution >= 4 is 11.6 Å². The Labute approximate surface area is 97.9 Å². The summed E-state index contributed by atoms with van der Waals surface area (Å²) in [5.41, 5.74) is 0.767. The van der Waals surface area contributed by atoms with Gasteiger partial charge in [0.2, 0.25) is 5.91 Å². The Morgan fingerprint density at radius 3 is 2.12 bits per heavy atom. The largest absolute Gasteiger partial charge is 0.324 e. The number of halogens is 1. The maximum atomic E-state index is 13.1. The molecule has 0 fully saturated rings. The van der Waals surface area contributed by atoms with Gasteiger partial charge in [-0.2, -0.15) is 0 Å². The molecule has 1 aromatic carbocycles. The van der Waals surface area contributed by atoms with Crippen molar-refractivity contribution in [1.29, 1.82) is 0 Å². The predicted molar refractivity (Wildman–Crippen MR) is 68.1 cm³/mol. The van der Waals surface area contributed by atoms with E-state index in [2.05, 4.69) is 5.32 Å². The van der Waals surface area contributed by atoms with E-state index in [1.807, 2.05) is 27.7 Å². The highest BCUT2D eigenvalue weighted by Gasteiger charge is 2.04. The number of hydrogen-bond acceptors (Lipinski definition) is 1. The number of benzene rings is 1. The Kier molecular flexibility index (Phi) is 10.8. The van der Waals surface area contributed by atoms with E-state index in [4.69, 9.17) is 0 Å². The van der Waals surface area contributed by atoms with E-state index in [1.165, 1.54) is 13.0 Å². The Hall–Kier alpha value is -1.38. The fraction of sp³-hybridized carbons (Fsp3) is 0.462. The number of nitrogens with one attached hydrogen (secondary N) is 1. The molecule has 0 heterocycles. The molecular formula is C13H22FNO. The van der Waals surface area contributed by atoms with Gasteiger partial charge < -0.3 is 5.32 Å². The Balaban J connectivity index is 0.